The summed E-state index contributed by atoms with van der Waals surface area (Å²) in [6.07, 6.45) is 1.65. The van der Waals surface area contributed by atoms with Gasteiger partial charge in [0.15, 0.2) is 0 Å². The average molecular weight is 331 g/mol. The number of phenolic OH excluding ortho intramolecular Hbond substituents is 1. The molecule has 4 rings (SSSR count). The van der Waals surface area contributed by atoms with Crippen molar-refractivity contribution >= 4 is 33.5 Å². The molecule has 5 heteroatoms. The van der Waals surface area contributed by atoms with Crippen molar-refractivity contribution in [3.8, 4) is 16.3 Å². The van der Waals surface area contributed by atoms with Crippen molar-refractivity contribution in [1.29, 1.82) is 0 Å². The van der Waals surface area contributed by atoms with Crippen molar-refractivity contribution in [2.75, 3.05) is 0 Å². The van der Waals surface area contributed by atoms with Gasteiger partial charge in [-0.1, -0.05) is 72.0 Å². The number of benzene rings is 3. The maximum Gasteiger partial charge on any atom is 0.231 e. The molecule has 3 aromatic carbocycles. The van der Waals surface area contributed by atoms with Gasteiger partial charge in [0.1, 0.15) is 10.8 Å². The minimum Gasteiger partial charge on any atom is -0.507 e. The van der Waals surface area contributed by atoms with Gasteiger partial charge in [-0.2, -0.15) is 0 Å². The van der Waals surface area contributed by atoms with Gasteiger partial charge in [-0.25, -0.2) is 4.99 Å². The van der Waals surface area contributed by atoms with Gasteiger partial charge in [0.25, 0.3) is 0 Å². The first kappa shape index (κ1) is 14.5. The van der Waals surface area contributed by atoms with Gasteiger partial charge >= 0.3 is 0 Å². The Morgan fingerprint density at radius 2 is 1.67 bits per heavy atom. The summed E-state index contributed by atoms with van der Waals surface area (Å²) in [7, 11) is 0. The average Bonchev–Trinajstić information content (AvgIpc) is 3.11. The van der Waals surface area contributed by atoms with Crippen LogP contribution in [0.5, 0.6) is 5.75 Å². The predicted octanol–water partition coefficient (Wildman–Crippen LogP) is 4.81. The maximum absolute atomic E-state index is 10.1. The lowest BCUT2D eigenvalue weighted by molar-refractivity contribution is 0.475. The molecule has 1 N–H and O–H groups in total. The number of aliphatic imine (C=N–C) groups is 1. The van der Waals surface area contributed by atoms with Crippen molar-refractivity contribution in [1.82, 2.24) is 10.2 Å². The predicted molar refractivity (Wildman–Crippen MR) is 98.2 cm³/mol. The van der Waals surface area contributed by atoms with E-state index in [9.17, 15) is 5.11 Å². The van der Waals surface area contributed by atoms with Crippen LogP contribution < -0.4 is 0 Å². The molecule has 0 aliphatic carbocycles. The Morgan fingerprint density at radius 3 is 2.54 bits per heavy atom. The summed E-state index contributed by atoms with van der Waals surface area (Å²) in [4.78, 5) is 4.39. The molecule has 4 nitrogen and oxygen atoms in total. The molecule has 0 aliphatic heterocycles. The van der Waals surface area contributed by atoms with Crippen LogP contribution in [0, 0.1) is 0 Å². The van der Waals surface area contributed by atoms with Crippen LogP contribution in [-0.4, -0.2) is 21.5 Å². The molecule has 0 atom stereocenters. The molecule has 1 aromatic heterocycles. The van der Waals surface area contributed by atoms with Gasteiger partial charge in [0, 0.05) is 17.3 Å². The first-order valence-corrected chi connectivity index (χ1v) is 8.26. The number of phenols is 1. The Bertz CT molecular complexity index is 1030. The monoisotopic (exact) mass is 331 g/mol. The normalized spacial score (nSPS) is 11.3. The summed E-state index contributed by atoms with van der Waals surface area (Å²) in [5.41, 5.74) is 1.70. The fourth-order valence-electron chi connectivity index (χ4n) is 2.50. The van der Waals surface area contributed by atoms with Crippen LogP contribution in [0.25, 0.3) is 21.3 Å². The highest BCUT2D eigenvalue weighted by molar-refractivity contribution is 7.18. The lowest BCUT2D eigenvalue weighted by atomic mass is 10.0. The summed E-state index contributed by atoms with van der Waals surface area (Å²) in [5, 5.41) is 21.8. The van der Waals surface area contributed by atoms with Gasteiger partial charge < -0.3 is 5.11 Å². The Labute approximate surface area is 142 Å². The van der Waals surface area contributed by atoms with Crippen LogP contribution in [0.1, 0.15) is 5.56 Å². The molecule has 24 heavy (non-hydrogen) atoms. The lowest BCUT2D eigenvalue weighted by Crippen LogP contribution is -1.85. The van der Waals surface area contributed by atoms with Gasteiger partial charge in [0.2, 0.25) is 5.13 Å². The van der Waals surface area contributed by atoms with Crippen LogP contribution >= 0.6 is 11.3 Å². The number of aromatic hydroxyl groups is 1. The highest BCUT2D eigenvalue weighted by atomic mass is 32.1. The molecule has 0 amide bonds. The Morgan fingerprint density at radius 1 is 0.875 bits per heavy atom. The third-order valence-electron chi connectivity index (χ3n) is 3.69. The molecular weight excluding hydrogens is 318 g/mol. The fourth-order valence-corrected chi connectivity index (χ4v) is 3.20. The first-order valence-electron chi connectivity index (χ1n) is 7.45. The Balaban J connectivity index is 1.69. The van der Waals surface area contributed by atoms with Crippen molar-refractivity contribution < 1.29 is 5.11 Å². The molecule has 4 aromatic rings. The Hall–Kier alpha value is -3.05. The van der Waals surface area contributed by atoms with Crippen molar-refractivity contribution in [3.05, 3.63) is 72.3 Å². The van der Waals surface area contributed by atoms with E-state index in [1.165, 1.54) is 11.3 Å². The number of nitrogens with zero attached hydrogens (tertiary/aromatic N) is 3. The lowest BCUT2D eigenvalue weighted by Gasteiger charge is -2.03. The maximum atomic E-state index is 10.1. The summed E-state index contributed by atoms with van der Waals surface area (Å²) in [6.45, 7) is 0. The van der Waals surface area contributed by atoms with E-state index in [0.717, 1.165) is 21.3 Å². The third-order valence-corrected chi connectivity index (χ3v) is 4.57. The second-order valence-electron chi connectivity index (χ2n) is 5.23. The number of aromatic nitrogens is 2. The molecular formula is C19H13N3OS. The Kier molecular flexibility index (Phi) is 3.76. The molecule has 0 radical (unpaired) electrons. The standard InChI is InChI=1S/C19H13N3OS/c23-17-11-10-13-6-4-5-9-15(13)16(17)12-20-19-22-21-18(24-19)14-7-2-1-3-8-14/h1-12,23H/b20-12+. The molecule has 0 spiro atoms. The molecule has 0 bridgehead atoms. The highest BCUT2D eigenvalue weighted by Crippen LogP contribution is 2.29. The highest BCUT2D eigenvalue weighted by Gasteiger charge is 2.07. The zero-order chi connectivity index (χ0) is 16.4. The van der Waals surface area contributed by atoms with Crippen molar-refractivity contribution in [2.45, 2.75) is 0 Å². The molecule has 0 saturated carbocycles. The second-order valence-corrected chi connectivity index (χ2v) is 6.19. The van der Waals surface area contributed by atoms with Crippen LogP contribution in [-0.2, 0) is 0 Å². The summed E-state index contributed by atoms with van der Waals surface area (Å²) in [5.74, 6) is 0.199. The van der Waals surface area contributed by atoms with E-state index in [0.29, 0.717) is 10.7 Å². The van der Waals surface area contributed by atoms with Crippen LogP contribution in [0.4, 0.5) is 5.13 Å². The van der Waals surface area contributed by atoms with Crippen LogP contribution in [0.15, 0.2) is 71.7 Å². The van der Waals surface area contributed by atoms with E-state index in [1.807, 2.05) is 60.7 Å². The molecule has 0 unspecified atom stereocenters. The van der Waals surface area contributed by atoms with E-state index >= 15 is 0 Å². The molecule has 0 aliphatic rings. The summed E-state index contributed by atoms with van der Waals surface area (Å²) < 4.78 is 0. The fraction of sp³-hybridized carbons (Fsp3) is 0. The van der Waals surface area contributed by atoms with Gasteiger partial charge in [-0.3, -0.25) is 0 Å². The quantitative estimate of drug-likeness (QED) is 0.548. The number of hydrogen-bond donors (Lipinski definition) is 1. The minimum atomic E-state index is 0.199. The molecule has 1 heterocycles. The second kappa shape index (κ2) is 6.22. The molecule has 0 saturated heterocycles. The largest absolute Gasteiger partial charge is 0.507 e. The summed E-state index contributed by atoms with van der Waals surface area (Å²) >= 11 is 1.41. The topological polar surface area (TPSA) is 58.4 Å². The van der Waals surface area contributed by atoms with Gasteiger partial charge in [-0.15, -0.1) is 10.2 Å². The van der Waals surface area contributed by atoms with Crippen molar-refractivity contribution in [3.63, 3.8) is 0 Å². The zero-order valence-electron chi connectivity index (χ0n) is 12.6. The molecule has 116 valence electrons. The van der Waals surface area contributed by atoms with Crippen LogP contribution in [0.2, 0.25) is 0 Å². The van der Waals surface area contributed by atoms with E-state index < -0.39 is 0 Å². The number of rotatable bonds is 3. The van der Waals surface area contributed by atoms with Gasteiger partial charge in [0.05, 0.1) is 0 Å². The smallest absolute Gasteiger partial charge is 0.231 e. The van der Waals surface area contributed by atoms with Crippen molar-refractivity contribution in [2.24, 2.45) is 4.99 Å². The number of fused-ring (bicyclic) bond motifs is 1. The summed E-state index contributed by atoms with van der Waals surface area (Å²) in [6, 6.07) is 21.3. The van der Waals surface area contributed by atoms with Gasteiger partial charge in [-0.05, 0) is 16.8 Å². The van der Waals surface area contributed by atoms with Crippen LogP contribution in [0.3, 0.4) is 0 Å². The van der Waals surface area contributed by atoms with E-state index in [2.05, 4.69) is 15.2 Å². The minimum absolute atomic E-state index is 0.199. The first-order chi connectivity index (χ1) is 11.8. The third kappa shape index (κ3) is 2.77. The zero-order valence-corrected chi connectivity index (χ0v) is 13.4. The molecule has 0 fully saturated rings. The van der Waals surface area contributed by atoms with E-state index in [-0.39, 0.29) is 5.75 Å². The number of hydrogen-bond acceptors (Lipinski definition) is 5. The van der Waals surface area contributed by atoms with E-state index in [4.69, 9.17) is 0 Å². The SMILES string of the molecule is Oc1ccc2ccccc2c1/C=N/c1nnc(-c2ccccc2)s1. The van der Waals surface area contributed by atoms with E-state index in [1.54, 1.807) is 12.3 Å².